The van der Waals surface area contributed by atoms with Crippen molar-refractivity contribution in [2.45, 2.75) is 91.6 Å². The zero-order valence-corrected chi connectivity index (χ0v) is 16.4. The van der Waals surface area contributed by atoms with Crippen LogP contribution in [0.5, 0.6) is 0 Å². The Morgan fingerprint density at radius 3 is 2.54 bits per heavy atom. The zero-order chi connectivity index (χ0) is 18.0. The van der Waals surface area contributed by atoms with Crippen molar-refractivity contribution in [2.24, 2.45) is 28.6 Å². The smallest absolute Gasteiger partial charge is 0.293 e. The minimum Gasteiger partial charge on any atom is -0.468 e. The van der Waals surface area contributed by atoms with Gasteiger partial charge >= 0.3 is 0 Å². The fraction of sp³-hybridized carbons (Fsp3) is 0.952. The maximum atomic E-state index is 11.2. The van der Waals surface area contributed by atoms with Crippen molar-refractivity contribution in [1.29, 1.82) is 0 Å². The summed E-state index contributed by atoms with van der Waals surface area (Å²) in [6.45, 7) is 12.7. The van der Waals surface area contributed by atoms with E-state index < -0.39 is 5.60 Å². The summed E-state index contributed by atoms with van der Waals surface area (Å²) >= 11 is 0. The second-order valence-corrected chi connectivity index (χ2v) is 9.79. The highest BCUT2D eigenvalue weighted by atomic mass is 16.5. The standard InChI is InChI=1S/C21H38O3/c1-16(10-14-24-15-22)7-8-18-20(4)12-6-11-19(2,3)17(20)9-13-21(18,5)23/h15-18,23H,6-14H2,1-5H3. The van der Waals surface area contributed by atoms with E-state index in [-0.39, 0.29) is 5.41 Å². The SMILES string of the molecule is CC(CCOC=O)CCC1C(C)(O)CCC2C(C)(C)CCCC21C. The van der Waals surface area contributed by atoms with Crippen LogP contribution in [0.1, 0.15) is 86.0 Å². The predicted octanol–water partition coefficient (Wildman–Crippen LogP) is 4.96. The van der Waals surface area contributed by atoms with Crippen LogP contribution in [0, 0.1) is 28.6 Å². The maximum Gasteiger partial charge on any atom is 0.293 e. The van der Waals surface area contributed by atoms with Crippen molar-refractivity contribution >= 4 is 6.47 Å². The van der Waals surface area contributed by atoms with Crippen LogP contribution in [-0.4, -0.2) is 23.8 Å². The number of hydrogen-bond acceptors (Lipinski definition) is 3. The van der Waals surface area contributed by atoms with Gasteiger partial charge < -0.3 is 9.84 Å². The Kier molecular flexibility index (Phi) is 6.05. The summed E-state index contributed by atoms with van der Waals surface area (Å²) in [4.78, 5) is 10.3. The molecule has 5 atom stereocenters. The van der Waals surface area contributed by atoms with Crippen LogP contribution >= 0.6 is 0 Å². The minimum absolute atomic E-state index is 0.252. The van der Waals surface area contributed by atoms with Crippen LogP contribution in [0.2, 0.25) is 0 Å². The van der Waals surface area contributed by atoms with Crippen molar-refractivity contribution < 1.29 is 14.6 Å². The molecule has 3 nitrogen and oxygen atoms in total. The van der Waals surface area contributed by atoms with E-state index in [1.807, 2.05) is 0 Å². The summed E-state index contributed by atoms with van der Waals surface area (Å²) in [5.41, 5.74) is 0.103. The van der Waals surface area contributed by atoms with Gasteiger partial charge in [0.05, 0.1) is 12.2 Å². The molecule has 0 aromatic rings. The summed E-state index contributed by atoms with van der Waals surface area (Å²) in [6.07, 6.45) is 9.06. The van der Waals surface area contributed by atoms with Gasteiger partial charge in [0.15, 0.2) is 0 Å². The van der Waals surface area contributed by atoms with E-state index in [4.69, 9.17) is 4.74 Å². The van der Waals surface area contributed by atoms with Gasteiger partial charge in [-0.1, -0.05) is 40.5 Å². The molecule has 0 saturated heterocycles. The van der Waals surface area contributed by atoms with Gasteiger partial charge in [0, 0.05) is 0 Å². The van der Waals surface area contributed by atoms with Crippen molar-refractivity contribution in [3.63, 3.8) is 0 Å². The maximum absolute atomic E-state index is 11.2. The highest BCUT2D eigenvalue weighted by molar-refractivity contribution is 5.36. The Hall–Kier alpha value is -0.570. The summed E-state index contributed by atoms with van der Waals surface area (Å²) in [7, 11) is 0. The average molecular weight is 339 g/mol. The van der Waals surface area contributed by atoms with E-state index in [0.717, 1.165) is 38.0 Å². The molecule has 5 unspecified atom stereocenters. The van der Waals surface area contributed by atoms with Crippen LogP contribution in [0.4, 0.5) is 0 Å². The minimum atomic E-state index is -0.544. The zero-order valence-electron chi connectivity index (χ0n) is 16.4. The number of fused-ring (bicyclic) bond motifs is 1. The van der Waals surface area contributed by atoms with Crippen LogP contribution in [-0.2, 0) is 9.53 Å². The fourth-order valence-corrected chi connectivity index (χ4v) is 6.18. The molecule has 140 valence electrons. The van der Waals surface area contributed by atoms with E-state index in [9.17, 15) is 9.90 Å². The van der Waals surface area contributed by atoms with Gasteiger partial charge in [-0.15, -0.1) is 0 Å². The lowest BCUT2D eigenvalue weighted by atomic mass is 9.45. The van der Waals surface area contributed by atoms with Crippen molar-refractivity contribution in [3.05, 3.63) is 0 Å². The molecule has 0 aromatic carbocycles. The molecule has 0 aromatic heterocycles. The first kappa shape index (κ1) is 19.8. The Labute approximate surface area is 148 Å². The molecule has 2 rings (SSSR count). The van der Waals surface area contributed by atoms with Crippen LogP contribution in [0.25, 0.3) is 0 Å². The van der Waals surface area contributed by atoms with Gasteiger partial charge in [0.1, 0.15) is 0 Å². The van der Waals surface area contributed by atoms with Gasteiger partial charge in [0.2, 0.25) is 0 Å². The molecule has 3 heteroatoms. The van der Waals surface area contributed by atoms with Gasteiger partial charge in [-0.3, -0.25) is 4.79 Å². The summed E-state index contributed by atoms with van der Waals surface area (Å²) in [6, 6.07) is 0. The number of ether oxygens (including phenoxy) is 1. The number of carbonyl (C=O) groups is 1. The Bertz CT molecular complexity index is 429. The van der Waals surface area contributed by atoms with Gasteiger partial charge in [0.25, 0.3) is 6.47 Å². The second-order valence-electron chi connectivity index (χ2n) is 9.79. The monoisotopic (exact) mass is 338 g/mol. The largest absolute Gasteiger partial charge is 0.468 e. The fourth-order valence-electron chi connectivity index (χ4n) is 6.18. The van der Waals surface area contributed by atoms with E-state index in [0.29, 0.717) is 30.3 Å². The van der Waals surface area contributed by atoms with E-state index >= 15 is 0 Å². The lowest BCUT2D eigenvalue weighted by Crippen LogP contribution is -2.57. The summed E-state index contributed by atoms with van der Waals surface area (Å²) in [5.74, 6) is 1.62. The highest BCUT2D eigenvalue weighted by Crippen LogP contribution is 2.63. The molecule has 2 fully saturated rings. The van der Waals surface area contributed by atoms with Crippen LogP contribution in [0.15, 0.2) is 0 Å². The van der Waals surface area contributed by atoms with Gasteiger partial charge in [-0.2, -0.15) is 0 Å². The van der Waals surface area contributed by atoms with Crippen molar-refractivity contribution in [2.75, 3.05) is 6.61 Å². The molecule has 0 radical (unpaired) electrons. The average Bonchev–Trinajstić information content (AvgIpc) is 2.45. The Balaban J connectivity index is 2.08. The van der Waals surface area contributed by atoms with Crippen LogP contribution in [0.3, 0.4) is 0 Å². The number of rotatable bonds is 7. The topological polar surface area (TPSA) is 46.5 Å². The number of hydrogen-bond donors (Lipinski definition) is 1. The molecule has 1 N–H and O–H groups in total. The highest BCUT2D eigenvalue weighted by Gasteiger charge is 2.57. The molecular formula is C21H38O3. The lowest BCUT2D eigenvalue weighted by Gasteiger charge is -2.61. The quantitative estimate of drug-likeness (QED) is 0.527. The van der Waals surface area contributed by atoms with Gasteiger partial charge in [-0.05, 0) is 74.0 Å². The second kappa shape index (κ2) is 7.35. The molecule has 2 aliphatic rings. The first-order valence-electron chi connectivity index (χ1n) is 9.91. The molecule has 2 saturated carbocycles. The Morgan fingerprint density at radius 2 is 1.88 bits per heavy atom. The Morgan fingerprint density at radius 1 is 1.17 bits per heavy atom. The molecular weight excluding hydrogens is 300 g/mol. The molecule has 0 bridgehead atoms. The van der Waals surface area contributed by atoms with E-state index in [1.54, 1.807) is 0 Å². The molecule has 2 aliphatic carbocycles. The normalized spacial score (nSPS) is 39.8. The predicted molar refractivity (Wildman–Crippen MR) is 97.6 cm³/mol. The van der Waals surface area contributed by atoms with Gasteiger partial charge in [-0.25, -0.2) is 0 Å². The molecule has 0 heterocycles. The molecule has 0 spiro atoms. The third-order valence-electron chi connectivity index (χ3n) is 7.51. The molecule has 0 amide bonds. The summed E-state index contributed by atoms with van der Waals surface area (Å²) in [5, 5.41) is 11.2. The van der Waals surface area contributed by atoms with Crippen molar-refractivity contribution in [1.82, 2.24) is 0 Å². The number of aliphatic hydroxyl groups is 1. The third kappa shape index (κ3) is 3.98. The molecule has 24 heavy (non-hydrogen) atoms. The lowest BCUT2D eigenvalue weighted by molar-refractivity contribution is -0.170. The molecule has 0 aliphatic heterocycles. The first-order chi connectivity index (χ1) is 11.1. The van der Waals surface area contributed by atoms with Crippen molar-refractivity contribution in [3.8, 4) is 0 Å². The van der Waals surface area contributed by atoms with Crippen LogP contribution < -0.4 is 0 Å². The summed E-state index contributed by atoms with van der Waals surface area (Å²) < 4.78 is 4.84. The number of carbonyl (C=O) groups excluding carboxylic acids is 1. The van der Waals surface area contributed by atoms with E-state index in [2.05, 4.69) is 34.6 Å². The third-order valence-corrected chi connectivity index (χ3v) is 7.51. The first-order valence-corrected chi connectivity index (χ1v) is 9.91. The van der Waals surface area contributed by atoms with E-state index in [1.165, 1.54) is 19.3 Å².